The van der Waals surface area contributed by atoms with Gasteiger partial charge in [0.05, 0.1) is 0 Å². The van der Waals surface area contributed by atoms with Gasteiger partial charge in [0.2, 0.25) is 11.7 Å². The Morgan fingerprint density at radius 1 is 1.00 bits per heavy atom. The van der Waals surface area contributed by atoms with Gasteiger partial charge >= 0.3 is 0 Å². The van der Waals surface area contributed by atoms with E-state index in [1.807, 2.05) is 9.80 Å². The van der Waals surface area contributed by atoms with Crippen molar-refractivity contribution in [3.8, 4) is 0 Å². The van der Waals surface area contributed by atoms with Crippen LogP contribution in [0.4, 0.5) is 0 Å². The van der Waals surface area contributed by atoms with E-state index in [-0.39, 0.29) is 17.1 Å². The number of amides is 2. The molecule has 2 saturated heterocycles. The van der Waals surface area contributed by atoms with Gasteiger partial charge in [-0.2, -0.15) is 0 Å². The Hall–Kier alpha value is -1.98. The largest absolute Gasteiger partial charge is 0.343 e. The van der Waals surface area contributed by atoms with Gasteiger partial charge in [-0.05, 0) is 49.5 Å². The molecule has 0 bridgehead atoms. The zero-order valence-corrected chi connectivity index (χ0v) is 16.1. The maximum atomic E-state index is 12.9. The summed E-state index contributed by atoms with van der Waals surface area (Å²) in [5, 5.41) is 0. The molecule has 3 heterocycles. The molecule has 6 nitrogen and oxygen atoms in total. The van der Waals surface area contributed by atoms with E-state index in [9.17, 15) is 9.59 Å². The Morgan fingerprint density at radius 3 is 2.41 bits per heavy atom. The molecule has 0 aromatic carbocycles. The molecule has 1 aliphatic carbocycles. The summed E-state index contributed by atoms with van der Waals surface area (Å²) in [6.45, 7) is 3.38. The Bertz CT molecular complexity index is 666. The van der Waals surface area contributed by atoms with E-state index < -0.39 is 0 Å². The van der Waals surface area contributed by atoms with Crippen LogP contribution in [0.15, 0.2) is 18.5 Å². The third-order valence-corrected chi connectivity index (χ3v) is 6.87. The SMILES string of the molecule is O=C(CCC1CN(C(=O)c2ncccn2)CC12CCCCC2)N1CCCC1. The predicted octanol–water partition coefficient (Wildman–Crippen LogP) is 2.90. The highest BCUT2D eigenvalue weighted by molar-refractivity contribution is 5.90. The second kappa shape index (κ2) is 7.95. The van der Waals surface area contributed by atoms with Crippen molar-refractivity contribution in [2.24, 2.45) is 11.3 Å². The Balaban J connectivity index is 1.45. The maximum Gasteiger partial charge on any atom is 0.291 e. The van der Waals surface area contributed by atoms with Crippen molar-refractivity contribution in [1.82, 2.24) is 19.8 Å². The van der Waals surface area contributed by atoms with Crippen molar-refractivity contribution in [3.05, 3.63) is 24.3 Å². The van der Waals surface area contributed by atoms with Crippen molar-refractivity contribution >= 4 is 11.8 Å². The first-order valence-corrected chi connectivity index (χ1v) is 10.5. The summed E-state index contributed by atoms with van der Waals surface area (Å²) in [5.41, 5.74) is 0.188. The molecule has 0 radical (unpaired) electrons. The Kier molecular flexibility index (Phi) is 5.41. The smallest absolute Gasteiger partial charge is 0.291 e. The normalized spacial score (nSPS) is 24.5. The third-order valence-electron chi connectivity index (χ3n) is 6.87. The minimum absolute atomic E-state index is 0.0612. The summed E-state index contributed by atoms with van der Waals surface area (Å²) < 4.78 is 0. The van der Waals surface area contributed by atoms with Crippen LogP contribution in [0.5, 0.6) is 0 Å². The van der Waals surface area contributed by atoms with Gasteiger partial charge in [0.25, 0.3) is 5.91 Å². The monoisotopic (exact) mass is 370 g/mol. The highest BCUT2D eigenvalue weighted by atomic mass is 16.2. The van der Waals surface area contributed by atoms with Crippen LogP contribution in [0.2, 0.25) is 0 Å². The fourth-order valence-corrected chi connectivity index (χ4v) is 5.38. The molecule has 146 valence electrons. The highest BCUT2D eigenvalue weighted by Gasteiger charge is 2.48. The fraction of sp³-hybridized carbons (Fsp3) is 0.714. The van der Waals surface area contributed by atoms with Crippen LogP contribution in [0.1, 0.15) is 68.4 Å². The van der Waals surface area contributed by atoms with E-state index in [1.165, 1.54) is 32.1 Å². The lowest BCUT2D eigenvalue weighted by molar-refractivity contribution is -0.130. The van der Waals surface area contributed by atoms with Gasteiger partial charge in [-0.3, -0.25) is 9.59 Å². The highest BCUT2D eigenvalue weighted by Crippen LogP contribution is 2.49. The maximum absolute atomic E-state index is 12.9. The number of carbonyl (C=O) groups is 2. The number of hydrogen-bond acceptors (Lipinski definition) is 4. The number of aromatic nitrogens is 2. The summed E-state index contributed by atoms with van der Waals surface area (Å²) in [4.78, 5) is 37.7. The van der Waals surface area contributed by atoms with Crippen molar-refractivity contribution in [2.45, 2.75) is 57.8 Å². The second-order valence-electron chi connectivity index (χ2n) is 8.50. The molecular weight excluding hydrogens is 340 g/mol. The molecule has 2 amide bonds. The minimum atomic E-state index is -0.0612. The van der Waals surface area contributed by atoms with Crippen LogP contribution in [0, 0.1) is 11.3 Å². The lowest BCUT2D eigenvalue weighted by Crippen LogP contribution is -2.35. The van der Waals surface area contributed by atoms with Crippen LogP contribution in [0.3, 0.4) is 0 Å². The molecule has 1 unspecified atom stereocenters. The molecule has 0 N–H and O–H groups in total. The Morgan fingerprint density at radius 2 is 1.70 bits per heavy atom. The molecule has 3 fully saturated rings. The van der Waals surface area contributed by atoms with Gasteiger partial charge in [-0.1, -0.05) is 19.3 Å². The molecular formula is C21H30N4O2. The molecule has 1 spiro atoms. The van der Waals surface area contributed by atoms with Crippen molar-refractivity contribution in [2.75, 3.05) is 26.2 Å². The first-order chi connectivity index (χ1) is 13.2. The summed E-state index contributed by atoms with van der Waals surface area (Å²) in [5.74, 6) is 0.942. The van der Waals surface area contributed by atoms with Gasteiger partial charge in [0.15, 0.2) is 0 Å². The first kappa shape index (κ1) is 18.4. The van der Waals surface area contributed by atoms with E-state index in [1.54, 1.807) is 18.5 Å². The topological polar surface area (TPSA) is 66.4 Å². The molecule has 1 atom stereocenters. The molecule has 1 saturated carbocycles. The van der Waals surface area contributed by atoms with Crippen molar-refractivity contribution < 1.29 is 9.59 Å². The van der Waals surface area contributed by atoms with E-state index >= 15 is 0 Å². The van der Waals surface area contributed by atoms with Crippen molar-refractivity contribution in [1.29, 1.82) is 0 Å². The van der Waals surface area contributed by atoms with Gasteiger partial charge in [-0.15, -0.1) is 0 Å². The van der Waals surface area contributed by atoms with E-state index in [4.69, 9.17) is 0 Å². The van der Waals surface area contributed by atoms with Gasteiger partial charge in [0, 0.05) is 45.0 Å². The molecule has 1 aromatic rings. The van der Waals surface area contributed by atoms with E-state index in [0.717, 1.165) is 45.4 Å². The Labute approximate surface area is 161 Å². The summed E-state index contributed by atoms with van der Waals surface area (Å²) >= 11 is 0. The average molecular weight is 370 g/mol. The molecule has 3 aliphatic rings. The summed E-state index contributed by atoms with van der Waals surface area (Å²) in [6, 6.07) is 1.73. The summed E-state index contributed by atoms with van der Waals surface area (Å²) in [7, 11) is 0. The van der Waals surface area contributed by atoms with Crippen LogP contribution in [0.25, 0.3) is 0 Å². The zero-order valence-electron chi connectivity index (χ0n) is 16.1. The molecule has 4 rings (SSSR count). The van der Waals surface area contributed by atoms with Gasteiger partial charge < -0.3 is 9.80 Å². The molecule has 27 heavy (non-hydrogen) atoms. The summed E-state index contributed by atoms with van der Waals surface area (Å²) in [6.07, 6.45) is 13.2. The first-order valence-electron chi connectivity index (χ1n) is 10.5. The number of rotatable bonds is 4. The van der Waals surface area contributed by atoms with Crippen molar-refractivity contribution in [3.63, 3.8) is 0 Å². The standard InChI is InChI=1S/C21H30N4O2/c26-18(24-13-4-5-14-24)8-7-17-15-25(16-21(17)9-2-1-3-10-21)20(27)19-22-11-6-12-23-19/h6,11-12,17H,1-5,7-10,13-16H2. The quantitative estimate of drug-likeness (QED) is 0.817. The lowest BCUT2D eigenvalue weighted by Gasteiger charge is -2.38. The number of likely N-dealkylation sites (tertiary alicyclic amines) is 2. The zero-order chi connectivity index (χ0) is 18.7. The van der Waals surface area contributed by atoms with Gasteiger partial charge in [-0.25, -0.2) is 9.97 Å². The number of hydrogen-bond donors (Lipinski definition) is 0. The molecule has 2 aliphatic heterocycles. The lowest BCUT2D eigenvalue weighted by atomic mass is 9.66. The van der Waals surface area contributed by atoms with Crippen LogP contribution < -0.4 is 0 Å². The molecule has 1 aromatic heterocycles. The number of carbonyl (C=O) groups excluding carboxylic acids is 2. The van der Waals surface area contributed by atoms with Crippen LogP contribution in [-0.2, 0) is 4.79 Å². The fourth-order valence-electron chi connectivity index (χ4n) is 5.38. The van der Waals surface area contributed by atoms with Gasteiger partial charge in [0.1, 0.15) is 0 Å². The second-order valence-corrected chi connectivity index (χ2v) is 8.50. The predicted molar refractivity (Wildman–Crippen MR) is 102 cm³/mol. The van der Waals surface area contributed by atoms with E-state index in [2.05, 4.69) is 9.97 Å². The van der Waals surface area contributed by atoms with E-state index in [0.29, 0.717) is 18.2 Å². The molecule has 6 heteroatoms. The average Bonchev–Trinajstić information content (AvgIpc) is 3.36. The van der Waals surface area contributed by atoms with Crippen LogP contribution in [-0.4, -0.2) is 57.8 Å². The number of nitrogens with zero attached hydrogens (tertiary/aromatic N) is 4. The third kappa shape index (κ3) is 3.85. The minimum Gasteiger partial charge on any atom is -0.343 e. The van der Waals surface area contributed by atoms with Crippen LogP contribution >= 0.6 is 0 Å².